The minimum Gasteiger partial charge on any atom is -0.361 e. The second kappa shape index (κ2) is 8.01. The van der Waals surface area contributed by atoms with Crippen LogP contribution in [-0.2, 0) is 17.0 Å². The molecule has 3 heterocycles. The number of carbonyl (C=O) groups excluding carboxylic acids is 1. The molecule has 4 aromatic rings. The van der Waals surface area contributed by atoms with Crippen LogP contribution in [0.25, 0.3) is 10.9 Å². The molecule has 1 amide bonds. The SMILES string of the molecule is O=C1[C@H](Cc2c[nH]c3ccccc23)N=C2c3ccccc3N=C(SCc3ccccc3F)N12. The van der Waals surface area contributed by atoms with Crippen LogP contribution in [-0.4, -0.2) is 32.8 Å². The lowest BCUT2D eigenvalue weighted by molar-refractivity contribution is -0.124. The molecule has 6 rings (SSSR count). The zero-order chi connectivity index (χ0) is 22.4. The van der Waals surface area contributed by atoms with Crippen LogP contribution >= 0.6 is 11.8 Å². The van der Waals surface area contributed by atoms with Gasteiger partial charge >= 0.3 is 0 Å². The lowest BCUT2D eigenvalue weighted by atomic mass is 10.1. The minimum absolute atomic E-state index is 0.107. The molecule has 0 unspecified atom stereocenters. The maximum absolute atomic E-state index is 14.2. The molecule has 0 radical (unpaired) electrons. The normalized spacial score (nSPS) is 17.1. The van der Waals surface area contributed by atoms with E-state index in [-0.39, 0.29) is 11.7 Å². The van der Waals surface area contributed by atoms with Crippen molar-refractivity contribution in [2.75, 3.05) is 0 Å². The lowest BCUT2D eigenvalue weighted by Gasteiger charge is -2.25. The smallest absolute Gasteiger partial charge is 0.259 e. The van der Waals surface area contributed by atoms with Crippen molar-refractivity contribution < 1.29 is 9.18 Å². The zero-order valence-electron chi connectivity index (χ0n) is 17.5. The Morgan fingerprint density at radius 2 is 1.76 bits per heavy atom. The first kappa shape index (κ1) is 19.9. The number of aliphatic imine (C=N–C) groups is 2. The summed E-state index contributed by atoms with van der Waals surface area (Å²) in [5.74, 6) is 0.620. The number of rotatable bonds is 4. The summed E-state index contributed by atoms with van der Waals surface area (Å²) < 4.78 is 14.2. The third kappa shape index (κ3) is 3.45. The van der Waals surface area contributed by atoms with E-state index < -0.39 is 6.04 Å². The fourth-order valence-corrected chi connectivity index (χ4v) is 5.29. The number of nitrogens with one attached hydrogen (secondary N) is 1. The van der Waals surface area contributed by atoms with Gasteiger partial charge in [0.1, 0.15) is 17.7 Å². The monoisotopic (exact) mass is 454 g/mol. The number of benzene rings is 3. The van der Waals surface area contributed by atoms with Crippen LogP contribution in [0.2, 0.25) is 0 Å². The van der Waals surface area contributed by atoms with Crippen LogP contribution in [0.15, 0.2) is 89.0 Å². The molecule has 5 nitrogen and oxygen atoms in total. The summed E-state index contributed by atoms with van der Waals surface area (Å²) >= 11 is 1.35. The first-order chi connectivity index (χ1) is 16.2. The molecule has 0 spiro atoms. The molecular formula is C26H19FN4OS. The van der Waals surface area contributed by atoms with E-state index in [1.807, 2.05) is 60.8 Å². The molecular weight excluding hydrogens is 435 g/mol. The van der Waals surface area contributed by atoms with Gasteiger partial charge in [-0.05, 0) is 35.4 Å². The number of carbonyl (C=O) groups is 1. The van der Waals surface area contributed by atoms with Gasteiger partial charge in [0.15, 0.2) is 5.17 Å². The summed E-state index contributed by atoms with van der Waals surface area (Å²) in [5, 5.41) is 1.63. The molecule has 33 heavy (non-hydrogen) atoms. The number of aromatic nitrogens is 1. The number of amidine groups is 2. The summed E-state index contributed by atoms with van der Waals surface area (Å²) in [6.45, 7) is 0. The number of nitrogens with zero attached hydrogens (tertiary/aromatic N) is 3. The maximum atomic E-state index is 14.2. The van der Waals surface area contributed by atoms with Crippen LogP contribution in [0.1, 0.15) is 16.7 Å². The molecule has 2 aliphatic heterocycles. The number of H-pyrrole nitrogens is 1. The zero-order valence-corrected chi connectivity index (χ0v) is 18.3. The fourth-order valence-electron chi connectivity index (χ4n) is 4.30. The van der Waals surface area contributed by atoms with Crippen LogP contribution in [0.4, 0.5) is 10.1 Å². The highest BCUT2D eigenvalue weighted by atomic mass is 32.2. The van der Waals surface area contributed by atoms with Gasteiger partial charge in [-0.2, -0.15) is 0 Å². The molecule has 0 aliphatic carbocycles. The van der Waals surface area contributed by atoms with Gasteiger partial charge in [0.25, 0.3) is 5.91 Å². The van der Waals surface area contributed by atoms with Crippen molar-refractivity contribution in [2.45, 2.75) is 18.2 Å². The molecule has 0 fully saturated rings. The van der Waals surface area contributed by atoms with E-state index >= 15 is 0 Å². The Bertz CT molecular complexity index is 1460. The Balaban J connectivity index is 1.34. The van der Waals surface area contributed by atoms with Crippen molar-refractivity contribution in [3.63, 3.8) is 0 Å². The third-order valence-corrected chi connectivity index (χ3v) is 6.94. The number of hydrogen-bond acceptors (Lipinski definition) is 4. The molecule has 1 aromatic heterocycles. The van der Waals surface area contributed by atoms with Gasteiger partial charge in [0, 0.05) is 34.8 Å². The van der Waals surface area contributed by atoms with Crippen LogP contribution in [0.3, 0.4) is 0 Å². The van der Waals surface area contributed by atoms with Crippen LogP contribution < -0.4 is 0 Å². The third-order valence-electron chi connectivity index (χ3n) is 5.95. The molecule has 1 atom stereocenters. The Hall–Kier alpha value is -3.71. The Morgan fingerprint density at radius 1 is 0.970 bits per heavy atom. The molecule has 0 saturated heterocycles. The lowest BCUT2D eigenvalue weighted by Crippen LogP contribution is -2.41. The molecule has 1 N–H and O–H groups in total. The summed E-state index contributed by atoms with van der Waals surface area (Å²) in [4.78, 5) is 28.0. The standard InChI is InChI=1S/C26H19FN4OS/c27-20-10-4-1-7-16(20)15-33-26-30-22-12-6-3-9-19(22)24-29-23(25(32)31(24)26)13-17-14-28-21-11-5-2-8-18(17)21/h1-12,14,23,28H,13,15H2/t23-/m0/s1. The number of amides is 1. The second-order valence-corrected chi connectivity index (χ2v) is 8.94. The Morgan fingerprint density at radius 3 is 2.67 bits per heavy atom. The summed E-state index contributed by atoms with van der Waals surface area (Å²) in [5.41, 5.74) is 4.27. The van der Waals surface area contributed by atoms with Crippen molar-refractivity contribution in [3.8, 4) is 0 Å². The van der Waals surface area contributed by atoms with Gasteiger partial charge in [-0.3, -0.25) is 9.79 Å². The van der Waals surface area contributed by atoms with Crippen LogP contribution in [0.5, 0.6) is 0 Å². The predicted octanol–water partition coefficient (Wildman–Crippen LogP) is 5.44. The fraction of sp³-hybridized carbons (Fsp3) is 0.115. The minimum atomic E-state index is -0.537. The van der Waals surface area contributed by atoms with E-state index in [2.05, 4.69) is 4.98 Å². The van der Waals surface area contributed by atoms with E-state index in [0.717, 1.165) is 27.7 Å². The predicted molar refractivity (Wildman–Crippen MR) is 130 cm³/mol. The van der Waals surface area contributed by atoms with E-state index in [9.17, 15) is 9.18 Å². The van der Waals surface area contributed by atoms with E-state index in [1.54, 1.807) is 17.0 Å². The molecule has 162 valence electrons. The van der Waals surface area contributed by atoms with Gasteiger partial charge < -0.3 is 4.98 Å². The molecule has 7 heteroatoms. The summed E-state index contributed by atoms with van der Waals surface area (Å²) in [7, 11) is 0. The van der Waals surface area contributed by atoms with Crippen molar-refractivity contribution in [3.05, 3.63) is 102 Å². The number of para-hydroxylation sites is 2. The number of fused-ring (bicyclic) bond motifs is 4. The average molecular weight is 455 g/mol. The quantitative estimate of drug-likeness (QED) is 0.446. The van der Waals surface area contributed by atoms with Crippen molar-refractivity contribution in [1.82, 2.24) is 9.88 Å². The molecule has 0 saturated carbocycles. The second-order valence-electron chi connectivity index (χ2n) is 8.00. The highest BCUT2D eigenvalue weighted by Crippen LogP contribution is 2.35. The highest BCUT2D eigenvalue weighted by molar-refractivity contribution is 8.13. The molecule has 0 bridgehead atoms. The van der Waals surface area contributed by atoms with Gasteiger partial charge in [-0.25, -0.2) is 14.3 Å². The Kier molecular flexibility index (Phi) is 4.84. The first-order valence-electron chi connectivity index (χ1n) is 10.7. The number of thioether (sulfide) groups is 1. The molecule has 3 aromatic carbocycles. The summed E-state index contributed by atoms with van der Waals surface area (Å²) in [6.07, 6.45) is 2.45. The van der Waals surface area contributed by atoms with Gasteiger partial charge in [0.05, 0.1) is 5.69 Å². The van der Waals surface area contributed by atoms with Gasteiger partial charge in [-0.15, -0.1) is 0 Å². The number of halogens is 1. The topological polar surface area (TPSA) is 60.8 Å². The van der Waals surface area contributed by atoms with E-state index in [1.165, 1.54) is 17.8 Å². The van der Waals surface area contributed by atoms with Crippen LogP contribution in [0, 0.1) is 5.82 Å². The van der Waals surface area contributed by atoms with E-state index in [4.69, 9.17) is 9.98 Å². The Labute approximate surface area is 194 Å². The number of hydrogen-bond donors (Lipinski definition) is 1. The van der Waals surface area contributed by atoms with Gasteiger partial charge in [0.2, 0.25) is 0 Å². The average Bonchev–Trinajstić information content (AvgIpc) is 3.40. The highest BCUT2D eigenvalue weighted by Gasteiger charge is 2.41. The first-order valence-corrected chi connectivity index (χ1v) is 11.7. The van der Waals surface area contributed by atoms with E-state index in [0.29, 0.717) is 28.7 Å². The number of aromatic amines is 1. The van der Waals surface area contributed by atoms with Crippen molar-refractivity contribution in [2.24, 2.45) is 9.98 Å². The largest absolute Gasteiger partial charge is 0.361 e. The summed E-state index contributed by atoms with van der Waals surface area (Å²) in [6, 6.07) is 21.9. The molecule has 2 aliphatic rings. The van der Waals surface area contributed by atoms with Gasteiger partial charge in [-0.1, -0.05) is 60.3 Å². The van der Waals surface area contributed by atoms with Crippen molar-refractivity contribution in [1.29, 1.82) is 0 Å². The maximum Gasteiger partial charge on any atom is 0.259 e. The van der Waals surface area contributed by atoms with Crippen molar-refractivity contribution >= 4 is 45.3 Å².